The van der Waals surface area contributed by atoms with Crippen LogP contribution in [0.3, 0.4) is 0 Å². The van der Waals surface area contributed by atoms with E-state index in [0.29, 0.717) is 17.7 Å². The second-order valence-corrected chi connectivity index (χ2v) is 8.06. The van der Waals surface area contributed by atoms with E-state index in [2.05, 4.69) is 26.2 Å². The summed E-state index contributed by atoms with van der Waals surface area (Å²) in [4.78, 5) is 27.2. The highest BCUT2D eigenvalue weighted by atomic mass is 16.2. The maximum atomic E-state index is 12.7. The summed E-state index contributed by atoms with van der Waals surface area (Å²) < 4.78 is 2.21. The summed E-state index contributed by atoms with van der Waals surface area (Å²) in [5, 5.41) is 0. The summed E-state index contributed by atoms with van der Waals surface area (Å²) in [5.41, 5.74) is 2.94. The lowest BCUT2D eigenvalue weighted by Gasteiger charge is -2.38. The van der Waals surface area contributed by atoms with E-state index in [-0.39, 0.29) is 5.92 Å². The van der Waals surface area contributed by atoms with Crippen LogP contribution in [0.4, 0.5) is 0 Å². The van der Waals surface area contributed by atoms with Crippen LogP contribution in [0.2, 0.25) is 0 Å². The molecule has 2 fully saturated rings. The number of fused-ring (bicyclic) bond motifs is 3. The van der Waals surface area contributed by atoms with E-state index >= 15 is 0 Å². The molecule has 136 valence electrons. The molecular weight excluding hydrogens is 326 g/mol. The maximum absolute atomic E-state index is 12.7. The van der Waals surface area contributed by atoms with Gasteiger partial charge in [0, 0.05) is 31.6 Å². The fourth-order valence-electron chi connectivity index (χ4n) is 4.47. The number of nitrogens with one attached hydrogen (secondary N) is 1. The SMILES string of the molecule is CC1CCN(C(=O)CC2CCC2)CC1c1ncc2cnc3[nH]ccc3n12. The molecule has 3 aromatic rings. The molecule has 1 amide bonds. The lowest BCUT2D eigenvalue weighted by atomic mass is 9.81. The van der Waals surface area contributed by atoms with Gasteiger partial charge in [-0.1, -0.05) is 13.3 Å². The molecule has 26 heavy (non-hydrogen) atoms. The summed E-state index contributed by atoms with van der Waals surface area (Å²) >= 11 is 0. The van der Waals surface area contributed by atoms with E-state index in [4.69, 9.17) is 4.98 Å². The number of hydrogen-bond donors (Lipinski definition) is 1. The number of rotatable bonds is 3. The van der Waals surface area contributed by atoms with Crippen molar-refractivity contribution in [1.29, 1.82) is 0 Å². The van der Waals surface area contributed by atoms with Crippen molar-refractivity contribution < 1.29 is 4.79 Å². The first-order valence-electron chi connectivity index (χ1n) is 9.78. The highest BCUT2D eigenvalue weighted by Crippen LogP contribution is 2.35. The second-order valence-electron chi connectivity index (χ2n) is 8.06. The molecule has 4 heterocycles. The van der Waals surface area contributed by atoms with Crippen molar-refractivity contribution in [3.63, 3.8) is 0 Å². The van der Waals surface area contributed by atoms with E-state index < -0.39 is 0 Å². The van der Waals surface area contributed by atoms with E-state index in [1.54, 1.807) is 0 Å². The molecule has 1 aliphatic heterocycles. The number of aromatic nitrogens is 4. The van der Waals surface area contributed by atoms with Gasteiger partial charge in [0.15, 0.2) is 5.65 Å². The van der Waals surface area contributed by atoms with Gasteiger partial charge in [0.1, 0.15) is 5.82 Å². The molecular formula is C20H25N5O. The molecule has 0 aromatic carbocycles. The largest absolute Gasteiger partial charge is 0.345 e. The maximum Gasteiger partial charge on any atom is 0.222 e. The lowest BCUT2D eigenvalue weighted by Crippen LogP contribution is -2.43. The summed E-state index contributed by atoms with van der Waals surface area (Å²) in [5.74, 6) is 2.78. The average Bonchev–Trinajstić information content (AvgIpc) is 3.24. The first kappa shape index (κ1) is 15.9. The molecule has 1 aliphatic carbocycles. The van der Waals surface area contributed by atoms with Crippen molar-refractivity contribution >= 4 is 22.6 Å². The fraction of sp³-hybridized carbons (Fsp3) is 0.550. The summed E-state index contributed by atoms with van der Waals surface area (Å²) in [7, 11) is 0. The van der Waals surface area contributed by atoms with Gasteiger partial charge in [0.2, 0.25) is 5.91 Å². The molecule has 3 aromatic heterocycles. The minimum atomic E-state index is 0.261. The second kappa shape index (κ2) is 6.11. The van der Waals surface area contributed by atoms with E-state index in [0.717, 1.165) is 48.4 Å². The Kier molecular flexibility index (Phi) is 3.72. The topological polar surface area (TPSA) is 66.3 Å². The number of aromatic amines is 1. The van der Waals surface area contributed by atoms with Crippen LogP contribution in [0.15, 0.2) is 24.7 Å². The number of nitrogens with zero attached hydrogens (tertiary/aromatic N) is 4. The van der Waals surface area contributed by atoms with Crippen LogP contribution in [0.1, 0.15) is 50.8 Å². The summed E-state index contributed by atoms with van der Waals surface area (Å²) in [6.45, 7) is 3.95. The van der Waals surface area contributed by atoms with Gasteiger partial charge >= 0.3 is 0 Å². The Morgan fingerprint density at radius 1 is 1.27 bits per heavy atom. The van der Waals surface area contributed by atoms with Crippen molar-refractivity contribution in [3.8, 4) is 0 Å². The molecule has 0 spiro atoms. The number of carbonyl (C=O) groups excluding carboxylic acids is 1. The van der Waals surface area contributed by atoms with Gasteiger partial charge in [-0.05, 0) is 37.2 Å². The van der Waals surface area contributed by atoms with Gasteiger partial charge < -0.3 is 9.88 Å². The number of amides is 1. The Labute approximate surface area is 152 Å². The zero-order valence-corrected chi connectivity index (χ0v) is 15.2. The third kappa shape index (κ3) is 2.50. The highest BCUT2D eigenvalue weighted by Gasteiger charge is 2.34. The minimum Gasteiger partial charge on any atom is -0.345 e. The molecule has 5 rings (SSSR count). The van der Waals surface area contributed by atoms with E-state index in [1.165, 1.54) is 19.3 Å². The zero-order chi connectivity index (χ0) is 17.7. The predicted molar refractivity (Wildman–Crippen MR) is 99.9 cm³/mol. The summed E-state index contributed by atoms with van der Waals surface area (Å²) in [6, 6.07) is 2.05. The van der Waals surface area contributed by atoms with Crippen LogP contribution in [-0.4, -0.2) is 43.2 Å². The van der Waals surface area contributed by atoms with E-state index in [1.807, 2.05) is 24.7 Å². The Morgan fingerprint density at radius 2 is 2.12 bits per heavy atom. The van der Waals surface area contributed by atoms with Gasteiger partial charge in [-0.2, -0.15) is 0 Å². The van der Waals surface area contributed by atoms with Crippen LogP contribution in [-0.2, 0) is 4.79 Å². The highest BCUT2D eigenvalue weighted by molar-refractivity contribution is 5.77. The van der Waals surface area contributed by atoms with E-state index in [9.17, 15) is 4.79 Å². The molecule has 0 radical (unpaired) electrons. The van der Waals surface area contributed by atoms with Gasteiger partial charge in [0.05, 0.1) is 23.4 Å². The standard InChI is InChI=1S/C20H25N5O/c1-13-6-8-24(18(26)9-14-3-2-4-14)12-16(13)20-23-11-15-10-22-19-17(25(15)20)5-7-21-19/h5,7,10-11,13-14,16,21H,2-4,6,8-9,12H2,1H3. The molecule has 2 atom stereocenters. The van der Waals surface area contributed by atoms with Crippen molar-refractivity contribution in [2.24, 2.45) is 11.8 Å². The molecule has 0 bridgehead atoms. The molecule has 1 saturated carbocycles. The number of H-pyrrole nitrogens is 1. The molecule has 1 saturated heterocycles. The quantitative estimate of drug-likeness (QED) is 0.787. The van der Waals surface area contributed by atoms with Crippen molar-refractivity contribution in [2.45, 2.75) is 44.9 Å². The predicted octanol–water partition coefficient (Wildman–Crippen LogP) is 3.35. The summed E-state index contributed by atoms with van der Waals surface area (Å²) in [6.07, 6.45) is 11.2. The number of imidazole rings is 1. The van der Waals surface area contributed by atoms with Crippen LogP contribution >= 0.6 is 0 Å². The monoisotopic (exact) mass is 351 g/mol. The molecule has 1 N–H and O–H groups in total. The Hall–Kier alpha value is -2.37. The van der Waals surface area contributed by atoms with Gasteiger partial charge in [-0.3, -0.25) is 9.20 Å². The first-order valence-corrected chi connectivity index (χ1v) is 9.78. The average molecular weight is 351 g/mol. The minimum absolute atomic E-state index is 0.261. The van der Waals surface area contributed by atoms with Crippen molar-refractivity contribution in [3.05, 3.63) is 30.5 Å². The Bertz CT molecular complexity index is 954. The van der Waals surface area contributed by atoms with Crippen molar-refractivity contribution in [2.75, 3.05) is 13.1 Å². The van der Waals surface area contributed by atoms with Gasteiger partial charge in [-0.15, -0.1) is 0 Å². The van der Waals surface area contributed by atoms with Crippen LogP contribution < -0.4 is 0 Å². The first-order chi connectivity index (χ1) is 12.7. The van der Waals surface area contributed by atoms with Crippen LogP contribution in [0, 0.1) is 11.8 Å². The number of carbonyl (C=O) groups is 1. The lowest BCUT2D eigenvalue weighted by molar-refractivity contribution is -0.134. The number of hydrogen-bond acceptors (Lipinski definition) is 3. The van der Waals surface area contributed by atoms with Gasteiger partial charge in [0.25, 0.3) is 0 Å². The Balaban J connectivity index is 1.47. The van der Waals surface area contributed by atoms with Crippen molar-refractivity contribution in [1.82, 2.24) is 24.3 Å². The number of piperidine rings is 1. The number of likely N-dealkylation sites (tertiary alicyclic amines) is 1. The fourth-order valence-corrected chi connectivity index (χ4v) is 4.47. The third-order valence-corrected chi connectivity index (χ3v) is 6.42. The van der Waals surface area contributed by atoms with Crippen LogP contribution in [0.5, 0.6) is 0 Å². The molecule has 6 nitrogen and oxygen atoms in total. The van der Waals surface area contributed by atoms with Crippen LogP contribution in [0.25, 0.3) is 16.7 Å². The third-order valence-electron chi connectivity index (χ3n) is 6.42. The normalized spacial score (nSPS) is 24.3. The zero-order valence-electron chi connectivity index (χ0n) is 15.2. The molecule has 6 heteroatoms. The Morgan fingerprint density at radius 3 is 2.92 bits per heavy atom. The smallest absolute Gasteiger partial charge is 0.222 e. The molecule has 2 unspecified atom stereocenters. The van der Waals surface area contributed by atoms with Gasteiger partial charge in [-0.25, -0.2) is 9.97 Å². The molecule has 2 aliphatic rings.